The SMILES string of the molecule is CN=C(NCc1ccc(S(C)(=O)=O)cc1)NCC1CCCN1Cc1ccccc1.I. The summed E-state index contributed by atoms with van der Waals surface area (Å²) in [7, 11) is -1.40. The van der Waals surface area contributed by atoms with E-state index in [1.165, 1.54) is 24.7 Å². The van der Waals surface area contributed by atoms with Gasteiger partial charge >= 0.3 is 0 Å². The van der Waals surface area contributed by atoms with Crippen LogP contribution in [0.15, 0.2) is 64.5 Å². The van der Waals surface area contributed by atoms with Gasteiger partial charge in [0.05, 0.1) is 4.90 Å². The van der Waals surface area contributed by atoms with E-state index in [0.717, 1.165) is 31.2 Å². The number of likely N-dealkylation sites (tertiary alicyclic amines) is 1. The number of benzene rings is 2. The standard InChI is InChI=1S/C22H30N4O2S.HI/c1-23-22(24-15-18-10-12-21(13-11-18)29(2,27)28)25-16-20-9-6-14-26(20)17-19-7-4-3-5-8-19;/h3-5,7-8,10-13,20H,6,9,14-17H2,1-2H3,(H2,23,24,25);1H. The van der Waals surface area contributed by atoms with E-state index in [4.69, 9.17) is 0 Å². The number of aliphatic imine (C=N–C) groups is 1. The van der Waals surface area contributed by atoms with Gasteiger partial charge in [0.25, 0.3) is 0 Å². The zero-order chi connectivity index (χ0) is 20.7. The lowest BCUT2D eigenvalue weighted by Crippen LogP contribution is -2.44. The second-order valence-electron chi connectivity index (χ2n) is 7.47. The maximum atomic E-state index is 11.6. The fourth-order valence-electron chi connectivity index (χ4n) is 3.63. The van der Waals surface area contributed by atoms with E-state index in [0.29, 0.717) is 17.5 Å². The molecule has 1 fully saturated rings. The van der Waals surface area contributed by atoms with Gasteiger partial charge in [-0.3, -0.25) is 9.89 Å². The van der Waals surface area contributed by atoms with Crippen LogP contribution in [0.2, 0.25) is 0 Å². The Morgan fingerprint density at radius 2 is 1.77 bits per heavy atom. The zero-order valence-electron chi connectivity index (χ0n) is 17.5. The molecule has 1 atom stereocenters. The van der Waals surface area contributed by atoms with Crippen LogP contribution in [0.25, 0.3) is 0 Å². The van der Waals surface area contributed by atoms with Crippen molar-refractivity contribution < 1.29 is 8.42 Å². The molecular weight excluding hydrogens is 511 g/mol. The van der Waals surface area contributed by atoms with E-state index in [1.54, 1.807) is 19.2 Å². The maximum absolute atomic E-state index is 11.6. The van der Waals surface area contributed by atoms with Gasteiger partial charge in [-0.05, 0) is 42.6 Å². The van der Waals surface area contributed by atoms with Crippen molar-refractivity contribution in [1.82, 2.24) is 15.5 Å². The molecule has 1 unspecified atom stereocenters. The van der Waals surface area contributed by atoms with E-state index in [2.05, 4.69) is 50.9 Å². The highest BCUT2D eigenvalue weighted by Crippen LogP contribution is 2.19. The van der Waals surface area contributed by atoms with Gasteiger partial charge in [0.2, 0.25) is 0 Å². The first-order valence-corrected chi connectivity index (χ1v) is 11.9. The van der Waals surface area contributed by atoms with Gasteiger partial charge in [0.15, 0.2) is 15.8 Å². The third-order valence-electron chi connectivity index (χ3n) is 5.27. The van der Waals surface area contributed by atoms with Crippen LogP contribution >= 0.6 is 24.0 Å². The van der Waals surface area contributed by atoms with Crippen molar-refractivity contribution in [2.75, 3.05) is 26.4 Å². The molecule has 0 spiro atoms. The maximum Gasteiger partial charge on any atom is 0.191 e. The number of guanidine groups is 1. The predicted octanol–water partition coefficient (Wildman–Crippen LogP) is 3.04. The van der Waals surface area contributed by atoms with Gasteiger partial charge in [-0.2, -0.15) is 0 Å². The highest BCUT2D eigenvalue weighted by atomic mass is 127. The number of nitrogens with zero attached hydrogens (tertiary/aromatic N) is 2. The van der Waals surface area contributed by atoms with Gasteiger partial charge in [0, 0.05) is 39.0 Å². The Morgan fingerprint density at radius 1 is 1.07 bits per heavy atom. The quantitative estimate of drug-likeness (QED) is 0.320. The molecule has 0 saturated carbocycles. The number of sulfone groups is 1. The van der Waals surface area contributed by atoms with Gasteiger partial charge < -0.3 is 10.6 Å². The number of nitrogens with one attached hydrogen (secondary N) is 2. The molecule has 2 aromatic rings. The van der Waals surface area contributed by atoms with E-state index in [9.17, 15) is 8.42 Å². The lowest BCUT2D eigenvalue weighted by Gasteiger charge is -2.25. The number of rotatable bonds is 7. The summed E-state index contributed by atoms with van der Waals surface area (Å²) >= 11 is 0. The minimum Gasteiger partial charge on any atom is -0.355 e. The third kappa shape index (κ3) is 7.24. The summed E-state index contributed by atoms with van der Waals surface area (Å²) < 4.78 is 23.1. The van der Waals surface area contributed by atoms with Gasteiger partial charge in [-0.25, -0.2) is 8.42 Å². The Hall–Kier alpha value is -1.65. The molecule has 0 radical (unpaired) electrons. The average Bonchev–Trinajstić information content (AvgIpc) is 3.15. The second kappa shape index (κ2) is 11.7. The van der Waals surface area contributed by atoms with Crippen molar-refractivity contribution in [3.63, 3.8) is 0 Å². The molecule has 0 bridgehead atoms. The van der Waals surface area contributed by atoms with E-state index < -0.39 is 9.84 Å². The molecule has 1 aliphatic heterocycles. The zero-order valence-corrected chi connectivity index (χ0v) is 20.7. The Labute approximate surface area is 197 Å². The van der Waals surface area contributed by atoms with Crippen LogP contribution in [0.4, 0.5) is 0 Å². The van der Waals surface area contributed by atoms with Crippen LogP contribution in [-0.2, 0) is 22.9 Å². The lowest BCUT2D eigenvalue weighted by atomic mass is 10.2. The molecular formula is C22H31IN4O2S. The number of hydrogen-bond acceptors (Lipinski definition) is 4. The van der Waals surface area contributed by atoms with Gasteiger partial charge in [-0.1, -0.05) is 42.5 Å². The molecule has 2 N–H and O–H groups in total. The van der Waals surface area contributed by atoms with E-state index >= 15 is 0 Å². The van der Waals surface area contributed by atoms with Gasteiger partial charge in [-0.15, -0.1) is 24.0 Å². The Balaban J connectivity index is 0.00000320. The van der Waals surface area contributed by atoms with Crippen LogP contribution in [0.3, 0.4) is 0 Å². The Morgan fingerprint density at radius 3 is 2.40 bits per heavy atom. The summed E-state index contributed by atoms with van der Waals surface area (Å²) in [5, 5.41) is 6.74. The predicted molar refractivity (Wildman–Crippen MR) is 133 cm³/mol. The van der Waals surface area contributed by atoms with E-state index in [-0.39, 0.29) is 24.0 Å². The minimum absolute atomic E-state index is 0. The number of hydrogen-bond donors (Lipinski definition) is 2. The molecule has 3 rings (SSSR count). The summed E-state index contributed by atoms with van der Waals surface area (Å²) in [6.45, 7) is 3.54. The van der Waals surface area contributed by atoms with E-state index in [1.807, 2.05) is 12.1 Å². The van der Waals surface area contributed by atoms with Crippen molar-refractivity contribution in [2.45, 2.75) is 36.9 Å². The van der Waals surface area contributed by atoms with Crippen LogP contribution in [-0.4, -0.2) is 51.7 Å². The molecule has 6 nitrogen and oxygen atoms in total. The van der Waals surface area contributed by atoms with Crippen molar-refractivity contribution in [3.05, 3.63) is 65.7 Å². The van der Waals surface area contributed by atoms with Crippen LogP contribution in [0.1, 0.15) is 24.0 Å². The number of halogens is 1. The summed E-state index contributed by atoms with van der Waals surface area (Å²) in [6, 6.07) is 18.0. The Kier molecular flexibility index (Phi) is 9.57. The van der Waals surface area contributed by atoms with Crippen LogP contribution in [0, 0.1) is 0 Å². The molecule has 30 heavy (non-hydrogen) atoms. The molecule has 164 valence electrons. The second-order valence-corrected chi connectivity index (χ2v) is 9.49. The average molecular weight is 542 g/mol. The summed E-state index contributed by atoms with van der Waals surface area (Å²) in [5.74, 6) is 0.753. The van der Waals surface area contributed by atoms with Crippen LogP contribution in [0.5, 0.6) is 0 Å². The first-order chi connectivity index (χ1) is 14.0. The fraction of sp³-hybridized carbons (Fsp3) is 0.409. The van der Waals surface area contributed by atoms with Crippen molar-refractivity contribution in [3.8, 4) is 0 Å². The minimum atomic E-state index is -3.16. The highest BCUT2D eigenvalue weighted by Gasteiger charge is 2.24. The summed E-state index contributed by atoms with van der Waals surface area (Å²) in [4.78, 5) is 7.17. The molecule has 0 aliphatic carbocycles. The lowest BCUT2D eigenvalue weighted by molar-refractivity contribution is 0.245. The highest BCUT2D eigenvalue weighted by molar-refractivity contribution is 14.0. The van der Waals surface area contributed by atoms with Crippen LogP contribution < -0.4 is 10.6 Å². The largest absolute Gasteiger partial charge is 0.355 e. The molecule has 1 saturated heterocycles. The Bertz CT molecular complexity index is 918. The molecule has 1 aliphatic rings. The smallest absolute Gasteiger partial charge is 0.191 e. The normalized spacial score (nSPS) is 17.4. The third-order valence-corrected chi connectivity index (χ3v) is 6.40. The first-order valence-electron chi connectivity index (χ1n) is 9.97. The molecule has 0 amide bonds. The van der Waals surface area contributed by atoms with Crippen molar-refractivity contribution in [2.24, 2.45) is 4.99 Å². The van der Waals surface area contributed by atoms with Crippen molar-refractivity contribution >= 4 is 39.8 Å². The van der Waals surface area contributed by atoms with Crippen molar-refractivity contribution in [1.29, 1.82) is 0 Å². The van der Waals surface area contributed by atoms with Gasteiger partial charge in [0.1, 0.15) is 0 Å². The summed E-state index contributed by atoms with van der Waals surface area (Å²) in [5.41, 5.74) is 2.35. The molecule has 8 heteroatoms. The monoisotopic (exact) mass is 542 g/mol. The molecule has 1 heterocycles. The molecule has 0 aromatic heterocycles. The topological polar surface area (TPSA) is 73.8 Å². The fourth-order valence-corrected chi connectivity index (χ4v) is 4.26. The molecule has 2 aromatic carbocycles. The first kappa shape index (κ1) is 24.6. The summed E-state index contributed by atoms with van der Waals surface area (Å²) in [6.07, 6.45) is 3.62.